The molecule has 1 aliphatic heterocycles. The first-order valence-corrected chi connectivity index (χ1v) is 9.60. The highest BCUT2D eigenvalue weighted by atomic mass is 16.5. The average Bonchev–Trinajstić information content (AvgIpc) is 3.21. The van der Waals surface area contributed by atoms with Gasteiger partial charge in [0.05, 0.1) is 37.5 Å². The first-order valence-electron chi connectivity index (χ1n) is 9.60. The van der Waals surface area contributed by atoms with E-state index in [0.29, 0.717) is 17.5 Å². The summed E-state index contributed by atoms with van der Waals surface area (Å²) in [6.07, 6.45) is 8.51. The molecule has 2 N–H and O–H groups in total. The molecule has 0 bridgehead atoms. The number of aromatic nitrogens is 6. The molecule has 3 aromatic rings. The minimum atomic E-state index is 0.110. The van der Waals surface area contributed by atoms with Gasteiger partial charge in [-0.1, -0.05) is 0 Å². The van der Waals surface area contributed by atoms with Gasteiger partial charge in [-0.15, -0.1) is 0 Å². The second-order valence-corrected chi connectivity index (χ2v) is 6.77. The van der Waals surface area contributed by atoms with Crippen LogP contribution in [-0.4, -0.2) is 74.0 Å². The Morgan fingerprint density at radius 2 is 1.93 bits per heavy atom. The quantitative estimate of drug-likeness (QED) is 0.586. The van der Waals surface area contributed by atoms with Crippen LogP contribution in [0, 0.1) is 11.3 Å². The summed E-state index contributed by atoms with van der Waals surface area (Å²) in [6, 6.07) is 1.89. The fourth-order valence-electron chi connectivity index (χ4n) is 3.08. The number of hydrogen-bond donors (Lipinski definition) is 2. The van der Waals surface area contributed by atoms with Crippen LogP contribution in [0.2, 0.25) is 0 Å². The lowest BCUT2D eigenvalue weighted by atomic mass is 10.2. The summed E-state index contributed by atoms with van der Waals surface area (Å²) in [5.74, 6) is 1.23. The largest absolute Gasteiger partial charge is 0.379 e. The highest BCUT2D eigenvalue weighted by molar-refractivity contribution is 5.74. The highest BCUT2D eigenvalue weighted by Gasteiger charge is 2.13. The first kappa shape index (κ1) is 19.7. The van der Waals surface area contributed by atoms with Crippen LogP contribution in [0.5, 0.6) is 0 Å². The highest BCUT2D eigenvalue weighted by Crippen LogP contribution is 2.26. The van der Waals surface area contributed by atoms with E-state index in [1.807, 2.05) is 19.3 Å². The van der Waals surface area contributed by atoms with Gasteiger partial charge in [-0.25, -0.2) is 15.0 Å². The standard InChI is InChI=1S/C19H22N10O/c1-28-13-14(9-25-28)16-12-24-19(26-15-10-22-17(8-20)23-11-15)27-18(16)21-2-3-29-4-6-30-7-5-29/h9-13H,2-7H2,1H3,(H2,21,24,26,27). The number of ether oxygens (including phenoxy) is 1. The smallest absolute Gasteiger partial charge is 0.232 e. The van der Waals surface area contributed by atoms with E-state index in [4.69, 9.17) is 10.00 Å². The molecule has 3 aromatic heterocycles. The summed E-state index contributed by atoms with van der Waals surface area (Å²) >= 11 is 0. The lowest BCUT2D eigenvalue weighted by Gasteiger charge is -2.26. The molecule has 4 rings (SSSR count). The Morgan fingerprint density at radius 1 is 1.13 bits per heavy atom. The number of anilines is 3. The van der Waals surface area contributed by atoms with Crippen LogP contribution in [-0.2, 0) is 11.8 Å². The fourth-order valence-corrected chi connectivity index (χ4v) is 3.08. The van der Waals surface area contributed by atoms with Gasteiger partial charge in [-0.3, -0.25) is 9.58 Å². The zero-order valence-corrected chi connectivity index (χ0v) is 16.6. The van der Waals surface area contributed by atoms with Gasteiger partial charge < -0.3 is 15.4 Å². The maximum Gasteiger partial charge on any atom is 0.232 e. The van der Waals surface area contributed by atoms with E-state index in [1.54, 1.807) is 17.1 Å². The monoisotopic (exact) mass is 406 g/mol. The van der Waals surface area contributed by atoms with Crippen molar-refractivity contribution >= 4 is 17.5 Å². The molecule has 4 heterocycles. The third-order valence-corrected chi connectivity index (χ3v) is 4.64. The molecular weight excluding hydrogens is 384 g/mol. The molecule has 1 aliphatic rings. The fraction of sp³-hybridized carbons (Fsp3) is 0.368. The van der Waals surface area contributed by atoms with Gasteiger partial charge in [-0.2, -0.15) is 15.3 Å². The molecule has 0 radical (unpaired) electrons. The third kappa shape index (κ3) is 4.86. The Balaban J connectivity index is 1.51. The summed E-state index contributed by atoms with van der Waals surface area (Å²) in [7, 11) is 1.87. The summed E-state index contributed by atoms with van der Waals surface area (Å²) in [5.41, 5.74) is 2.40. The number of rotatable bonds is 7. The van der Waals surface area contributed by atoms with Crippen LogP contribution in [0.3, 0.4) is 0 Å². The van der Waals surface area contributed by atoms with Crippen molar-refractivity contribution in [3.8, 4) is 17.2 Å². The molecule has 0 unspecified atom stereocenters. The Morgan fingerprint density at radius 3 is 2.63 bits per heavy atom. The van der Waals surface area contributed by atoms with E-state index in [1.165, 1.54) is 12.4 Å². The molecule has 154 valence electrons. The number of nitrogens with one attached hydrogen (secondary N) is 2. The molecule has 0 amide bonds. The van der Waals surface area contributed by atoms with E-state index in [-0.39, 0.29) is 5.82 Å². The van der Waals surface area contributed by atoms with Crippen molar-refractivity contribution in [3.63, 3.8) is 0 Å². The Labute approximate surface area is 173 Å². The molecule has 1 saturated heterocycles. The average molecular weight is 406 g/mol. The van der Waals surface area contributed by atoms with Gasteiger partial charge in [0.15, 0.2) is 0 Å². The van der Waals surface area contributed by atoms with Crippen LogP contribution in [0.15, 0.2) is 31.0 Å². The molecule has 0 spiro atoms. The number of nitriles is 1. The van der Waals surface area contributed by atoms with Gasteiger partial charge in [0.1, 0.15) is 11.9 Å². The van der Waals surface area contributed by atoms with Crippen LogP contribution < -0.4 is 10.6 Å². The summed E-state index contributed by atoms with van der Waals surface area (Å²) in [6.45, 7) is 5.05. The number of morpholine rings is 1. The van der Waals surface area contributed by atoms with Crippen molar-refractivity contribution in [1.29, 1.82) is 5.26 Å². The molecule has 0 saturated carbocycles. The lowest BCUT2D eigenvalue weighted by Crippen LogP contribution is -2.39. The molecule has 30 heavy (non-hydrogen) atoms. The van der Waals surface area contributed by atoms with E-state index >= 15 is 0 Å². The van der Waals surface area contributed by atoms with Crippen molar-refractivity contribution in [1.82, 2.24) is 34.6 Å². The zero-order valence-electron chi connectivity index (χ0n) is 16.6. The summed E-state index contributed by atoms with van der Waals surface area (Å²) < 4.78 is 7.15. The van der Waals surface area contributed by atoms with Crippen LogP contribution in [0.1, 0.15) is 5.82 Å². The number of nitrogens with zero attached hydrogens (tertiary/aromatic N) is 8. The number of aryl methyl sites for hydroxylation is 1. The van der Waals surface area contributed by atoms with E-state index in [0.717, 1.165) is 50.5 Å². The second-order valence-electron chi connectivity index (χ2n) is 6.77. The molecular formula is C19H22N10O. The van der Waals surface area contributed by atoms with Gasteiger partial charge in [-0.05, 0) is 0 Å². The topological polar surface area (TPSA) is 130 Å². The SMILES string of the molecule is Cn1cc(-c2cnc(Nc3cnc(C#N)nc3)nc2NCCN2CCOCC2)cn1. The summed E-state index contributed by atoms with van der Waals surface area (Å²) in [4.78, 5) is 19.3. The maximum atomic E-state index is 8.83. The van der Waals surface area contributed by atoms with Crippen molar-refractivity contribution in [2.45, 2.75) is 0 Å². The van der Waals surface area contributed by atoms with E-state index in [9.17, 15) is 0 Å². The minimum absolute atomic E-state index is 0.110. The minimum Gasteiger partial charge on any atom is -0.379 e. The summed E-state index contributed by atoms with van der Waals surface area (Å²) in [5, 5.41) is 19.6. The molecule has 0 aliphatic carbocycles. The Kier molecular flexibility index (Phi) is 6.07. The Bertz CT molecular complexity index is 1020. The zero-order chi connectivity index (χ0) is 20.8. The van der Waals surface area contributed by atoms with Gasteiger partial charge in [0.25, 0.3) is 0 Å². The van der Waals surface area contributed by atoms with Gasteiger partial charge in [0.2, 0.25) is 11.8 Å². The molecule has 11 heteroatoms. The molecule has 1 fully saturated rings. The van der Waals surface area contributed by atoms with Crippen molar-refractivity contribution in [2.75, 3.05) is 50.0 Å². The third-order valence-electron chi connectivity index (χ3n) is 4.64. The van der Waals surface area contributed by atoms with Crippen LogP contribution in [0.4, 0.5) is 17.5 Å². The van der Waals surface area contributed by atoms with Crippen LogP contribution >= 0.6 is 0 Å². The van der Waals surface area contributed by atoms with Crippen LogP contribution in [0.25, 0.3) is 11.1 Å². The predicted molar refractivity (Wildman–Crippen MR) is 110 cm³/mol. The molecule has 0 atom stereocenters. The Hall–Kier alpha value is -3.62. The molecule has 0 aromatic carbocycles. The van der Waals surface area contributed by atoms with E-state index in [2.05, 4.69) is 40.6 Å². The first-order chi connectivity index (χ1) is 14.7. The molecule has 11 nitrogen and oxygen atoms in total. The second kappa shape index (κ2) is 9.25. The van der Waals surface area contributed by atoms with Crippen molar-refractivity contribution in [3.05, 3.63) is 36.8 Å². The van der Waals surface area contributed by atoms with E-state index < -0.39 is 0 Å². The number of hydrogen-bond acceptors (Lipinski definition) is 10. The van der Waals surface area contributed by atoms with Crippen molar-refractivity contribution < 1.29 is 4.74 Å². The predicted octanol–water partition coefficient (Wildman–Crippen LogP) is 1.03. The van der Waals surface area contributed by atoms with Gasteiger partial charge in [0, 0.05) is 56.7 Å². The maximum absolute atomic E-state index is 8.83. The van der Waals surface area contributed by atoms with Gasteiger partial charge >= 0.3 is 0 Å². The van der Waals surface area contributed by atoms with Crippen molar-refractivity contribution in [2.24, 2.45) is 7.05 Å². The lowest BCUT2D eigenvalue weighted by molar-refractivity contribution is 0.0398. The normalized spacial score (nSPS) is 14.3.